The number of hydrogen-bond donors (Lipinski definition) is 19. The molecule has 0 saturated heterocycles. The predicted octanol–water partition coefficient (Wildman–Crippen LogP) is 11.7. The predicted molar refractivity (Wildman–Crippen MR) is 583 cm³/mol. The van der Waals surface area contributed by atoms with Gasteiger partial charge in [0.1, 0.15) is 48.9 Å². The molecule has 0 saturated carbocycles. The molecular weight excluding hydrogens is 2030 g/mol. The van der Waals surface area contributed by atoms with Crippen LogP contribution in [0, 0.1) is 55.2 Å². The number of benzene rings is 9. The van der Waals surface area contributed by atoms with E-state index in [2.05, 4.69) is 77.4 Å². The minimum Gasteiger partial charge on any atom is -0.516 e. The van der Waals surface area contributed by atoms with Crippen LogP contribution in [0.4, 0.5) is 4.79 Å². The van der Waals surface area contributed by atoms with Crippen molar-refractivity contribution in [1.29, 1.82) is 21.6 Å². The Balaban J connectivity index is 0.968. The van der Waals surface area contributed by atoms with Crippen molar-refractivity contribution in [2.75, 3.05) is 38.5 Å². The first-order valence-electron chi connectivity index (χ1n) is 49.5. The molecule has 7 amide bonds. The summed E-state index contributed by atoms with van der Waals surface area (Å²) >= 11 is 1.32. The van der Waals surface area contributed by atoms with Gasteiger partial charge in [-0.1, -0.05) is 266 Å². The molecule has 0 fully saturated rings. The van der Waals surface area contributed by atoms with E-state index in [1.807, 2.05) is 195 Å². The fourth-order valence-electron chi connectivity index (χ4n) is 17.7. The highest BCUT2D eigenvalue weighted by Crippen LogP contribution is 2.56. The average molecular weight is 2170 g/mol. The number of amides is 7. The Morgan fingerprint density at radius 2 is 0.620 bits per heavy atom. The van der Waals surface area contributed by atoms with Crippen molar-refractivity contribution in [3.63, 3.8) is 0 Å². The molecule has 37 nitrogen and oxygen atoms in total. The molecule has 804 valence electrons. The molecule has 7 atom stereocenters. The number of alkyl carbamates (subject to hydrolysis) is 1. The maximum atomic E-state index is 15.7. The monoisotopic (exact) mass is 2170 g/mol. The van der Waals surface area contributed by atoms with E-state index < -0.39 is 196 Å². The fourth-order valence-corrected chi connectivity index (χ4v) is 28.8. The molecule has 0 radical (unpaired) electrons. The zero-order chi connectivity index (χ0) is 110. The summed E-state index contributed by atoms with van der Waals surface area (Å²) < 4.78 is 129. The Kier molecular flexibility index (Phi) is 41.6. The van der Waals surface area contributed by atoms with Crippen LogP contribution in [-0.4, -0.2) is 194 Å². The van der Waals surface area contributed by atoms with E-state index in [9.17, 15) is 43.3 Å². The van der Waals surface area contributed by atoms with Gasteiger partial charge >= 0.3 is 12.1 Å². The van der Waals surface area contributed by atoms with Crippen LogP contribution < -0.4 is 77.4 Å². The molecule has 19 N–H and O–H groups in total. The van der Waals surface area contributed by atoms with Crippen molar-refractivity contribution < 1.29 is 81.2 Å². The Morgan fingerprint density at radius 1 is 0.347 bits per heavy atom. The lowest BCUT2D eigenvalue weighted by Crippen LogP contribution is -2.60. The van der Waals surface area contributed by atoms with Crippen LogP contribution in [0.25, 0.3) is 11.1 Å². The number of carbonyl (C=O) groups is 8. The summed E-state index contributed by atoms with van der Waals surface area (Å²) in [5.74, 6) is -10.2. The molecule has 150 heavy (non-hydrogen) atoms. The molecule has 1 aliphatic carbocycles. The Hall–Kier alpha value is -14.0. The zero-order valence-electron chi connectivity index (χ0n) is 86.7. The molecule has 9 aromatic rings. The van der Waals surface area contributed by atoms with Crippen molar-refractivity contribution in [3.05, 3.63) is 287 Å². The number of nitrogens with one attached hydrogen (secondary N) is 19. The Bertz CT molecular complexity index is 6580. The number of guanidine groups is 4. The number of fused-ring (bicyclic) bond motifs is 3. The summed E-state index contributed by atoms with van der Waals surface area (Å²) in [4.78, 5) is 122. The van der Waals surface area contributed by atoms with Crippen LogP contribution in [0.2, 0.25) is 16.1 Å². The van der Waals surface area contributed by atoms with Gasteiger partial charge in [0.2, 0.25) is 59.3 Å². The first-order valence-corrected chi connectivity index (χ1v) is 58.5. The van der Waals surface area contributed by atoms with Crippen LogP contribution in [0.15, 0.2) is 256 Å². The van der Waals surface area contributed by atoms with Gasteiger partial charge < -0.3 is 67.6 Å². The standard InChI is InChI=1S/C107H139N19O18S5Si/c1-69(2)68-150(105(9,10)11,106(12,13)14)144-99(133)91(45-31-65-115-103(111)126-149(141,142)82-60-52-73(6)53-61-82)121-94(128)75(8)116-95(129)88(42-28-62-112-100(108)123-146(135,136)79-54-46-70(3)47-55-79)119-97(131)90(44-30-64-114-102(110)125-148(139,140)81-58-50-72(5)51-59-81)120-96(130)89(43-29-63-113-101(109)124-147(137,138)80-56-48-71(4)49-57-80)118-93(127)74(7)117-98(132)92(122-104(134)143-66-87-85-40-26-24-38-83(85)84-39-25-27-41-86(84)87)67-145-107(76-32-18-15-19-33-76,77-34-20-16-21-35-77)78-36-22-17-23-37-78/h15-27,32-41,46-61,69,74-75,87-92H,28-31,42-45,62-68H2,1-14H3,(H,116,129)(H,117,132)(H,118,127)(H,119,131)(H,120,130)(H,121,128)(H,122,134)(H3,108,112,123)(H3,109,113,124)(H3,110,114,125)(H3,111,115,126)/t74-,75-,88-,89-,90-,91-,92-/m0/s1. The van der Waals surface area contributed by atoms with Gasteiger partial charge in [-0.3, -0.25) is 55.2 Å². The number of ether oxygens (including phenoxy) is 1. The van der Waals surface area contributed by atoms with Gasteiger partial charge in [0.15, 0.2) is 0 Å². The number of hydrogen-bond acceptors (Lipinski definition) is 23. The number of sulfonamides is 4. The fraction of sp³-hybridized carbons (Fsp3) is 0.383. The molecule has 0 heterocycles. The highest BCUT2D eigenvalue weighted by molar-refractivity contribution is 8.00. The van der Waals surface area contributed by atoms with E-state index in [-0.39, 0.29) is 103 Å². The van der Waals surface area contributed by atoms with Gasteiger partial charge in [0.05, 0.1) is 24.3 Å². The summed E-state index contributed by atoms with van der Waals surface area (Å²) in [6.45, 7) is 24.5. The van der Waals surface area contributed by atoms with Gasteiger partial charge in [0, 0.05) is 37.8 Å². The van der Waals surface area contributed by atoms with Crippen LogP contribution in [0.3, 0.4) is 0 Å². The maximum Gasteiger partial charge on any atom is 0.407 e. The lowest BCUT2D eigenvalue weighted by atomic mass is 9.84. The molecule has 0 unspecified atom stereocenters. The molecule has 10 rings (SSSR count). The van der Waals surface area contributed by atoms with Gasteiger partial charge in [-0.2, -0.15) is 0 Å². The topological polar surface area (TPSA) is 567 Å². The summed E-state index contributed by atoms with van der Waals surface area (Å²) in [5, 5.41) is 63.3. The highest BCUT2D eigenvalue weighted by Gasteiger charge is 2.58. The van der Waals surface area contributed by atoms with Crippen LogP contribution in [0.1, 0.15) is 177 Å². The third kappa shape index (κ3) is 32.8. The van der Waals surface area contributed by atoms with Crippen molar-refractivity contribution in [1.82, 2.24) is 77.4 Å². The summed E-state index contributed by atoms with van der Waals surface area (Å²) in [5.41, 5.74) is 9.26. The number of carbonyl (C=O) groups excluding carboxylic acids is 8. The quantitative estimate of drug-likeness (QED) is 0.00553. The number of aryl methyl sites for hydroxylation is 4. The smallest absolute Gasteiger partial charge is 0.407 e. The molecule has 0 bridgehead atoms. The second-order valence-corrected chi connectivity index (χ2v) is 52.8. The average Bonchev–Trinajstić information content (AvgIpc) is 0.906. The van der Waals surface area contributed by atoms with Crippen LogP contribution in [-0.2, 0) is 87.6 Å². The van der Waals surface area contributed by atoms with E-state index in [1.165, 1.54) is 74.1 Å². The third-order valence-electron chi connectivity index (χ3n) is 25.5. The van der Waals surface area contributed by atoms with Crippen molar-refractivity contribution in [3.8, 4) is 11.1 Å². The second-order valence-electron chi connectivity index (χ2n) is 39.6. The van der Waals surface area contributed by atoms with Crippen LogP contribution >= 0.6 is 11.8 Å². The highest BCUT2D eigenvalue weighted by atomic mass is 32.2. The van der Waals surface area contributed by atoms with Crippen LogP contribution in [0.5, 0.6) is 0 Å². The molecule has 1 aliphatic rings. The van der Waals surface area contributed by atoms with E-state index in [0.717, 1.165) is 61.2 Å². The largest absolute Gasteiger partial charge is 0.516 e. The molecule has 9 aromatic carbocycles. The first-order chi connectivity index (χ1) is 70.8. The molecular formula is C107H139N19O18S5Si. The number of rotatable bonds is 49. The minimum absolute atomic E-state index is 0.0137. The van der Waals surface area contributed by atoms with E-state index >= 15 is 28.8 Å². The molecule has 0 aliphatic heterocycles. The van der Waals surface area contributed by atoms with Crippen molar-refractivity contribution in [2.24, 2.45) is 5.92 Å². The van der Waals surface area contributed by atoms with E-state index in [1.54, 1.807) is 76.2 Å². The maximum absolute atomic E-state index is 15.7. The summed E-state index contributed by atoms with van der Waals surface area (Å²) in [6.07, 6.45) is -2.88. The zero-order valence-corrected chi connectivity index (χ0v) is 91.8. The third-order valence-corrected chi connectivity index (χ3v) is 39.4. The minimum atomic E-state index is -4.36. The van der Waals surface area contributed by atoms with E-state index in [4.69, 9.17) is 30.8 Å². The lowest BCUT2D eigenvalue weighted by molar-refractivity contribution is -0.141. The van der Waals surface area contributed by atoms with Gasteiger partial charge in [-0.05, 0) is 202 Å². The molecule has 0 spiro atoms. The molecule has 0 aromatic heterocycles. The first kappa shape index (κ1) is 118. The summed E-state index contributed by atoms with van der Waals surface area (Å²) in [6, 6.07) is 56.7. The normalized spacial score (nSPS) is 13.7. The molecule has 43 heteroatoms. The second kappa shape index (κ2) is 52.9. The van der Waals surface area contributed by atoms with Gasteiger partial charge in [-0.15, -0.1) is 11.8 Å². The van der Waals surface area contributed by atoms with Crippen molar-refractivity contribution in [2.45, 2.75) is 237 Å². The Morgan fingerprint density at radius 3 is 0.927 bits per heavy atom. The number of thioether (sulfide) groups is 1. The lowest BCUT2D eigenvalue weighted by Gasteiger charge is -2.51. The van der Waals surface area contributed by atoms with E-state index in [0.29, 0.717) is 6.04 Å². The Labute approximate surface area is 884 Å². The van der Waals surface area contributed by atoms with Gasteiger partial charge in [0.25, 0.3) is 48.4 Å². The van der Waals surface area contributed by atoms with Gasteiger partial charge in [-0.25, -0.2) is 57.4 Å². The van der Waals surface area contributed by atoms with Crippen molar-refractivity contribution >= 4 is 132 Å². The SMILES string of the molecule is Cc1ccc(S(=O)(=O)NC(=N)NCCC[C@H](NC(=O)[C@H](C)NC(=O)[C@H](CSC(c2ccccc2)(c2ccccc2)c2ccccc2)NC(=O)OCC2c3ccccc3-c3ccccc32)C(=O)N[C@@H](CCCNC(=N)NS(=O)(=O)c2ccc(C)cc2)C(=O)N[C@@H](CCCNC(=N)NS(=O)(=O)c2ccc(C)cc2)C(=O)N[C@@H](C)C(=O)N[C@@H](CCCNC(=N)NS(=O)(=O)c2ccc(C)cc2)C(=O)O[Si](CC(C)C)(C(C)(C)C)C(C)(C)C)cc1. The summed E-state index contributed by atoms with van der Waals surface area (Å²) in [7, 11) is -20.5.